The molecule has 1 atom stereocenters. The number of nitrogens with zero attached hydrogens (tertiary/aromatic N) is 1. The van der Waals surface area contributed by atoms with Crippen LogP contribution < -0.4 is 0 Å². The van der Waals surface area contributed by atoms with Gasteiger partial charge in [-0.1, -0.05) is 18.2 Å². The van der Waals surface area contributed by atoms with E-state index in [0.717, 1.165) is 10.9 Å². The molecule has 1 fully saturated rings. The van der Waals surface area contributed by atoms with Crippen LogP contribution in [-0.4, -0.2) is 35.0 Å². The predicted octanol–water partition coefficient (Wildman–Crippen LogP) is 2.97. The zero-order valence-electron chi connectivity index (χ0n) is 11.3. The number of hydrogen-bond donors (Lipinski definition) is 1. The van der Waals surface area contributed by atoms with E-state index in [2.05, 4.69) is 0 Å². The molecular formula is C15H15F2NO3. The normalized spacial score (nSPS) is 22.5. The molecule has 0 spiro atoms. The van der Waals surface area contributed by atoms with Gasteiger partial charge in [-0.3, -0.25) is 9.69 Å². The molecule has 0 bridgehead atoms. The number of alkyl halides is 2. The van der Waals surface area contributed by atoms with Crippen LogP contribution in [0.2, 0.25) is 0 Å². The van der Waals surface area contributed by atoms with E-state index in [1.807, 2.05) is 24.3 Å². The third-order valence-electron chi connectivity index (χ3n) is 3.78. The minimum Gasteiger partial charge on any atom is -0.481 e. The van der Waals surface area contributed by atoms with Crippen LogP contribution in [0.25, 0.3) is 11.0 Å². The molecule has 6 heteroatoms. The minimum absolute atomic E-state index is 0.129. The number of halogens is 2. The Hall–Kier alpha value is -1.95. The number of rotatable bonds is 3. The van der Waals surface area contributed by atoms with Crippen molar-refractivity contribution in [2.45, 2.75) is 18.9 Å². The van der Waals surface area contributed by atoms with Gasteiger partial charge in [-0.05, 0) is 6.07 Å². The second kappa shape index (κ2) is 5.11. The number of carboxylic acid groups (broad SMARTS) is 1. The van der Waals surface area contributed by atoms with Crippen LogP contribution in [0.15, 0.2) is 34.9 Å². The van der Waals surface area contributed by atoms with Gasteiger partial charge >= 0.3 is 5.97 Å². The Labute approximate surface area is 120 Å². The van der Waals surface area contributed by atoms with Crippen LogP contribution >= 0.6 is 0 Å². The first-order chi connectivity index (χ1) is 9.94. The monoisotopic (exact) mass is 295 g/mol. The Bertz CT molecular complexity index is 668. The summed E-state index contributed by atoms with van der Waals surface area (Å²) in [5.74, 6) is -5.18. The Morgan fingerprint density at radius 1 is 1.43 bits per heavy atom. The van der Waals surface area contributed by atoms with E-state index in [4.69, 9.17) is 9.52 Å². The molecule has 1 saturated heterocycles. The highest BCUT2D eigenvalue weighted by atomic mass is 19.3. The van der Waals surface area contributed by atoms with Crippen molar-refractivity contribution in [1.82, 2.24) is 4.90 Å². The quantitative estimate of drug-likeness (QED) is 0.946. The van der Waals surface area contributed by atoms with Gasteiger partial charge in [0.15, 0.2) is 0 Å². The summed E-state index contributed by atoms with van der Waals surface area (Å²) in [5.41, 5.74) is 1.50. The Balaban J connectivity index is 1.82. The lowest BCUT2D eigenvalue weighted by Gasteiger charge is -2.35. The number of hydrogen-bond acceptors (Lipinski definition) is 3. The average molecular weight is 295 g/mol. The molecule has 21 heavy (non-hydrogen) atoms. The fourth-order valence-electron chi connectivity index (χ4n) is 2.87. The molecule has 0 saturated carbocycles. The van der Waals surface area contributed by atoms with Crippen molar-refractivity contribution >= 4 is 16.9 Å². The minimum atomic E-state index is -2.97. The summed E-state index contributed by atoms with van der Waals surface area (Å²) >= 11 is 0. The maximum absolute atomic E-state index is 13.7. The maximum atomic E-state index is 13.7. The molecule has 1 unspecified atom stereocenters. The van der Waals surface area contributed by atoms with E-state index in [1.54, 1.807) is 6.26 Å². The molecule has 1 N–H and O–H groups in total. The molecule has 4 nitrogen and oxygen atoms in total. The van der Waals surface area contributed by atoms with Crippen molar-refractivity contribution in [1.29, 1.82) is 0 Å². The molecule has 0 aliphatic carbocycles. The van der Waals surface area contributed by atoms with Gasteiger partial charge in [0.25, 0.3) is 5.92 Å². The van der Waals surface area contributed by atoms with Gasteiger partial charge in [-0.15, -0.1) is 0 Å². The molecule has 1 aliphatic heterocycles. The smallest absolute Gasteiger partial charge is 0.308 e. The summed E-state index contributed by atoms with van der Waals surface area (Å²) in [5, 5.41) is 9.88. The van der Waals surface area contributed by atoms with Crippen LogP contribution in [0.1, 0.15) is 12.0 Å². The lowest BCUT2D eigenvalue weighted by molar-refractivity contribution is -0.153. The van der Waals surface area contributed by atoms with Gasteiger partial charge in [0.05, 0.1) is 18.7 Å². The standard InChI is InChI=1S/C15H15F2NO3/c16-15(17)5-10(14(19)20)6-18(9-15)7-11-8-21-13-4-2-1-3-12(11)13/h1-4,8,10H,5-7,9H2,(H,19,20). The summed E-state index contributed by atoms with van der Waals surface area (Å²) in [6.07, 6.45) is 0.957. The summed E-state index contributed by atoms with van der Waals surface area (Å²) in [7, 11) is 0. The third-order valence-corrected chi connectivity index (χ3v) is 3.78. The summed E-state index contributed by atoms with van der Waals surface area (Å²) < 4.78 is 32.7. The zero-order chi connectivity index (χ0) is 15.0. The fourth-order valence-corrected chi connectivity index (χ4v) is 2.87. The van der Waals surface area contributed by atoms with Crippen molar-refractivity contribution in [3.8, 4) is 0 Å². The molecule has 1 aromatic heterocycles. The average Bonchev–Trinajstić information content (AvgIpc) is 2.80. The number of carbonyl (C=O) groups is 1. The van der Waals surface area contributed by atoms with Crippen molar-refractivity contribution < 1.29 is 23.1 Å². The predicted molar refractivity (Wildman–Crippen MR) is 72.2 cm³/mol. The van der Waals surface area contributed by atoms with Gasteiger partial charge in [-0.25, -0.2) is 8.78 Å². The van der Waals surface area contributed by atoms with E-state index in [9.17, 15) is 13.6 Å². The Morgan fingerprint density at radius 3 is 2.95 bits per heavy atom. The van der Waals surface area contributed by atoms with Gasteiger partial charge in [0.1, 0.15) is 5.58 Å². The fraction of sp³-hybridized carbons (Fsp3) is 0.400. The highest BCUT2D eigenvalue weighted by Gasteiger charge is 2.43. The van der Waals surface area contributed by atoms with Crippen LogP contribution in [0.5, 0.6) is 0 Å². The topological polar surface area (TPSA) is 53.7 Å². The van der Waals surface area contributed by atoms with Crippen LogP contribution in [0.4, 0.5) is 8.78 Å². The van der Waals surface area contributed by atoms with E-state index in [1.165, 1.54) is 4.90 Å². The van der Waals surface area contributed by atoms with Crippen LogP contribution in [-0.2, 0) is 11.3 Å². The molecule has 0 amide bonds. The molecular weight excluding hydrogens is 280 g/mol. The van der Waals surface area contributed by atoms with Crippen molar-refractivity contribution in [2.75, 3.05) is 13.1 Å². The van der Waals surface area contributed by atoms with E-state index in [0.29, 0.717) is 5.58 Å². The number of aliphatic carboxylic acids is 1. The number of carboxylic acids is 1. The Morgan fingerprint density at radius 2 is 2.19 bits per heavy atom. The van der Waals surface area contributed by atoms with Crippen molar-refractivity contribution in [3.05, 3.63) is 36.1 Å². The Kier molecular flexibility index (Phi) is 3.41. The van der Waals surface area contributed by atoms with E-state index >= 15 is 0 Å². The van der Waals surface area contributed by atoms with E-state index in [-0.39, 0.29) is 13.1 Å². The number of likely N-dealkylation sites (tertiary alicyclic amines) is 1. The second-order valence-electron chi connectivity index (χ2n) is 5.52. The second-order valence-corrected chi connectivity index (χ2v) is 5.52. The van der Waals surface area contributed by atoms with Crippen LogP contribution in [0.3, 0.4) is 0 Å². The van der Waals surface area contributed by atoms with Crippen molar-refractivity contribution in [3.63, 3.8) is 0 Å². The molecule has 1 aromatic carbocycles. The van der Waals surface area contributed by atoms with Gasteiger partial charge in [0.2, 0.25) is 0 Å². The SMILES string of the molecule is O=C(O)C1CN(Cc2coc3ccccc23)CC(F)(F)C1. The molecule has 2 heterocycles. The molecule has 0 radical (unpaired) electrons. The van der Waals surface area contributed by atoms with Crippen LogP contribution in [0, 0.1) is 5.92 Å². The number of fused-ring (bicyclic) bond motifs is 1. The molecule has 112 valence electrons. The summed E-state index contributed by atoms with van der Waals surface area (Å²) in [4.78, 5) is 12.5. The van der Waals surface area contributed by atoms with E-state index < -0.39 is 30.8 Å². The third kappa shape index (κ3) is 2.90. The van der Waals surface area contributed by atoms with Crippen molar-refractivity contribution in [2.24, 2.45) is 5.92 Å². The van der Waals surface area contributed by atoms with Gasteiger partial charge < -0.3 is 9.52 Å². The van der Waals surface area contributed by atoms with Gasteiger partial charge in [0, 0.05) is 30.5 Å². The number of piperidine rings is 1. The number of furan rings is 1. The summed E-state index contributed by atoms with van der Waals surface area (Å²) in [6, 6.07) is 7.37. The molecule has 2 aromatic rings. The first-order valence-electron chi connectivity index (χ1n) is 6.73. The lowest BCUT2D eigenvalue weighted by Crippen LogP contribution is -2.48. The molecule has 3 rings (SSSR count). The lowest BCUT2D eigenvalue weighted by atomic mass is 9.95. The number of para-hydroxylation sites is 1. The number of benzene rings is 1. The molecule has 1 aliphatic rings. The largest absolute Gasteiger partial charge is 0.481 e. The highest BCUT2D eigenvalue weighted by molar-refractivity contribution is 5.80. The first kappa shape index (κ1) is 14.0. The zero-order valence-corrected chi connectivity index (χ0v) is 11.3. The first-order valence-corrected chi connectivity index (χ1v) is 6.73. The van der Waals surface area contributed by atoms with Gasteiger partial charge in [-0.2, -0.15) is 0 Å². The maximum Gasteiger partial charge on any atom is 0.308 e. The highest BCUT2D eigenvalue weighted by Crippen LogP contribution is 2.32. The summed E-state index contributed by atoms with van der Waals surface area (Å²) in [6.45, 7) is -0.0307.